The maximum Gasteiger partial charge on any atom is 0.193 e. The summed E-state index contributed by atoms with van der Waals surface area (Å²) in [7, 11) is 3.96. The predicted molar refractivity (Wildman–Crippen MR) is 101 cm³/mol. The molecular formula is C19H30N4O2. The Morgan fingerprint density at radius 1 is 1.24 bits per heavy atom. The third-order valence-electron chi connectivity index (χ3n) is 4.91. The molecule has 1 N–H and O–H groups in total. The molecule has 0 radical (unpaired) electrons. The number of hydrogen-bond donors (Lipinski definition) is 1. The Bertz CT molecular complexity index is 546. The first-order valence-corrected chi connectivity index (χ1v) is 9.23. The number of para-hydroxylation sites is 1. The van der Waals surface area contributed by atoms with E-state index < -0.39 is 0 Å². The summed E-state index contributed by atoms with van der Waals surface area (Å²) in [6, 6.07) is 10.4. The molecule has 0 saturated carbocycles. The number of benzene rings is 1. The number of anilines is 1. The third kappa shape index (κ3) is 4.86. The first kappa shape index (κ1) is 18.0. The highest BCUT2D eigenvalue weighted by atomic mass is 16.5. The Labute approximate surface area is 150 Å². The van der Waals surface area contributed by atoms with Gasteiger partial charge in [0.25, 0.3) is 0 Å². The summed E-state index contributed by atoms with van der Waals surface area (Å²) in [5, 5.41) is 3.49. The Kier molecular flexibility index (Phi) is 6.53. The summed E-state index contributed by atoms with van der Waals surface area (Å²) in [4.78, 5) is 8.99. The highest BCUT2D eigenvalue weighted by molar-refractivity contribution is 5.80. The second-order valence-corrected chi connectivity index (χ2v) is 6.64. The van der Waals surface area contributed by atoms with Crippen LogP contribution in [-0.2, 0) is 9.47 Å². The van der Waals surface area contributed by atoms with E-state index in [1.165, 1.54) is 5.69 Å². The van der Waals surface area contributed by atoms with Gasteiger partial charge in [-0.15, -0.1) is 0 Å². The lowest BCUT2D eigenvalue weighted by atomic mass is 10.1. The van der Waals surface area contributed by atoms with Crippen molar-refractivity contribution >= 4 is 11.6 Å². The van der Waals surface area contributed by atoms with E-state index in [-0.39, 0.29) is 12.2 Å². The first-order chi connectivity index (χ1) is 12.3. The van der Waals surface area contributed by atoms with Crippen LogP contribution in [0.2, 0.25) is 0 Å². The average molecular weight is 346 g/mol. The summed E-state index contributed by atoms with van der Waals surface area (Å²) < 4.78 is 11.7. The van der Waals surface area contributed by atoms with Crippen molar-refractivity contribution in [2.45, 2.75) is 25.0 Å². The van der Waals surface area contributed by atoms with Crippen LogP contribution in [0.15, 0.2) is 35.3 Å². The number of likely N-dealkylation sites (N-methyl/N-ethyl adjacent to an activating group) is 1. The minimum Gasteiger partial charge on any atom is -0.375 e. The van der Waals surface area contributed by atoms with Gasteiger partial charge in [-0.25, -0.2) is 0 Å². The molecule has 1 aromatic rings. The van der Waals surface area contributed by atoms with Crippen LogP contribution in [0.3, 0.4) is 0 Å². The van der Waals surface area contributed by atoms with Crippen molar-refractivity contribution in [3.63, 3.8) is 0 Å². The number of aliphatic imine (C=N–C) groups is 1. The van der Waals surface area contributed by atoms with Gasteiger partial charge in [0.15, 0.2) is 5.96 Å². The van der Waals surface area contributed by atoms with Gasteiger partial charge in [-0.05, 0) is 25.0 Å². The Morgan fingerprint density at radius 2 is 2.04 bits per heavy atom. The van der Waals surface area contributed by atoms with E-state index in [9.17, 15) is 0 Å². The van der Waals surface area contributed by atoms with E-state index in [1.54, 1.807) is 0 Å². The van der Waals surface area contributed by atoms with Crippen LogP contribution in [0.1, 0.15) is 12.8 Å². The van der Waals surface area contributed by atoms with Crippen LogP contribution in [-0.4, -0.2) is 76.6 Å². The van der Waals surface area contributed by atoms with E-state index in [2.05, 4.69) is 51.4 Å². The van der Waals surface area contributed by atoms with E-state index in [1.807, 2.05) is 13.1 Å². The Morgan fingerprint density at radius 3 is 2.76 bits per heavy atom. The van der Waals surface area contributed by atoms with Crippen LogP contribution in [0.4, 0.5) is 5.69 Å². The van der Waals surface area contributed by atoms with Gasteiger partial charge in [-0.1, -0.05) is 18.2 Å². The minimum absolute atomic E-state index is 0.154. The second-order valence-electron chi connectivity index (χ2n) is 6.64. The first-order valence-electron chi connectivity index (χ1n) is 9.23. The number of hydrogen-bond acceptors (Lipinski definition) is 4. The van der Waals surface area contributed by atoms with Crippen molar-refractivity contribution in [3.8, 4) is 0 Å². The summed E-state index contributed by atoms with van der Waals surface area (Å²) in [6.07, 6.45) is 2.64. The molecule has 2 heterocycles. The van der Waals surface area contributed by atoms with Gasteiger partial charge >= 0.3 is 0 Å². The molecule has 138 valence electrons. The van der Waals surface area contributed by atoms with Gasteiger partial charge in [0, 0.05) is 52.6 Å². The fourth-order valence-electron chi connectivity index (χ4n) is 3.47. The van der Waals surface area contributed by atoms with E-state index in [0.717, 1.165) is 58.2 Å². The number of nitrogens with zero attached hydrogens (tertiary/aromatic N) is 3. The Hall–Kier alpha value is -1.79. The molecule has 0 amide bonds. The zero-order valence-corrected chi connectivity index (χ0v) is 15.4. The van der Waals surface area contributed by atoms with E-state index >= 15 is 0 Å². The molecular weight excluding hydrogens is 316 g/mol. The molecule has 2 aliphatic rings. The van der Waals surface area contributed by atoms with Crippen molar-refractivity contribution in [2.75, 3.05) is 58.4 Å². The van der Waals surface area contributed by atoms with Gasteiger partial charge < -0.3 is 24.6 Å². The van der Waals surface area contributed by atoms with Crippen molar-refractivity contribution in [1.82, 2.24) is 10.2 Å². The monoisotopic (exact) mass is 346 g/mol. The number of ether oxygens (including phenoxy) is 2. The van der Waals surface area contributed by atoms with E-state index in [0.29, 0.717) is 0 Å². The normalized spacial score (nSPS) is 24.4. The molecule has 6 heteroatoms. The SMILES string of the molecule is CN=C(NCCN(C)c1ccccc1)N1CCOC(C2CCCO2)C1. The minimum atomic E-state index is 0.154. The molecule has 0 spiro atoms. The molecule has 1 aromatic carbocycles. The molecule has 2 saturated heterocycles. The van der Waals surface area contributed by atoms with Gasteiger partial charge in [0.1, 0.15) is 6.10 Å². The van der Waals surface area contributed by atoms with Gasteiger partial charge in [-0.2, -0.15) is 0 Å². The molecule has 0 aromatic heterocycles. The molecule has 0 bridgehead atoms. The lowest BCUT2D eigenvalue weighted by Gasteiger charge is -2.37. The van der Waals surface area contributed by atoms with Crippen molar-refractivity contribution in [2.24, 2.45) is 4.99 Å². The molecule has 0 aliphatic carbocycles. The fourth-order valence-corrected chi connectivity index (χ4v) is 3.47. The topological polar surface area (TPSA) is 49.3 Å². The standard InChI is InChI=1S/C19H30N4O2/c1-20-19(21-10-11-22(2)16-7-4-3-5-8-16)23-12-14-25-18(15-23)17-9-6-13-24-17/h3-5,7-8,17-18H,6,9-15H2,1-2H3,(H,20,21). The van der Waals surface area contributed by atoms with Gasteiger partial charge in [0.2, 0.25) is 0 Å². The van der Waals surface area contributed by atoms with Crippen LogP contribution < -0.4 is 10.2 Å². The van der Waals surface area contributed by atoms with Crippen LogP contribution in [0.5, 0.6) is 0 Å². The zero-order chi connectivity index (χ0) is 17.5. The predicted octanol–water partition coefficient (Wildman–Crippen LogP) is 1.58. The lowest BCUT2D eigenvalue weighted by molar-refractivity contribution is -0.0816. The summed E-state index contributed by atoms with van der Waals surface area (Å²) in [6.45, 7) is 5.08. The fraction of sp³-hybridized carbons (Fsp3) is 0.632. The van der Waals surface area contributed by atoms with Crippen molar-refractivity contribution in [3.05, 3.63) is 30.3 Å². The smallest absolute Gasteiger partial charge is 0.193 e. The maximum atomic E-state index is 5.93. The number of morpholine rings is 1. The maximum absolute atomic E-state index is 5.93. The van der Waals surface area contributed by atoms with Gasteiger partial charge in [0.05, 0.1) is 12.7 Å². The summed E-state index contributed by atoms with van der Waals surface area (Å²) >= 11 is 0. The largest absolute Gasteiger partial charge is 0.375 e. The highest BCUT2D eigenvalue weighted by Crippen LogP contribution is 2.21. The Balaban J connectivity index is 1.47. The molecule has 6 nitrogen and oxygen atoms in total. The molecule has 2 fully saturated rings. The molecule has 2 atom stereocenters. The van der Waals surface area contributed by atoms with Crippen LogP contribution in [0, 0.1) is 0 Å². The molecule has 3 rings (SSSR count). The average Bonchev–Trinajstić information content (AvgIpc) is 3.21. The quantitative estimate of drug-likeness (QED) is 0.648. The number of rotatable bonds is 5. The highest BCUT2D eigenvalue weighted by Gasteiger charge is 2.32. The summed E-state index contributed by atoms with van der Waals surface area (Å²) in [5.41, 5.74) is 1.23. The van der Waals surface area contributed by atoms with Gasteiger partial charge in [-0.3, -0.25) is 4.99 Å². The third-order valence-corrected chi connectivity index (χ3v) is 4.91. The lowest BCUT2D eigenvalue weighted by Crippen LogP contribution is -2.54. The van der Waals surface area contributed by atoms with Crippen LogP contribution >= 0.6 is 0 Å². The molecule has 25 heavy (non-hydrogen) atoms. The molecule has 2 aliphatic heterocycles. The number of guanidine groups is 1. The van der Waals surface area contributed by atoms with Crippen molar-refractivity contribution < 1.29 is 9.47 Å². The number of nitrogens with one attached hydrogen (secondary N) is 1. The summed E-state index contributed by atoms with van der Waals surface area (Å²) in [5.74, 6) is 0.952. The van der Waals surface area contributed by atoms with E-state index in [4.69, 9.17) is 9.47 Å². The van der Waals surface area contributed by atoms with Crippen LogP contribution in [0.25, 0.3) is 0 Å². The second kappa shape index (κ2) is 9.06. The molecule has 2 unspecified atom stereocenters. The van der Waals surface area contributed by atoms with Crippen molar-refractivity contribution in [1.29, 1.82) is 0 Å². The zero-order valence-electron chi connectivity index (χ0n) is 15.4.